The third-order valence-electron chi connectivity index (χ3n) is 3.28. The summed E-state index contributed by atoms with van der Waals surface area (Å²) in [5.74, 6) is 0. The first-order valence-corrected chi connectivity index (χ1v) is 4.81. The molecule has 0 bridgehead atoms. The molecule has 0 aromatic carbocycles. The van der Waals surface area contributed by atoms with E-state index in [1.807, 2.05) is 11.7 Å². The van der Waals surface area contributed by atoms with Crippen molar-refractivity contribution in [2.45, 2.75) is 32.1 Å². The minimum atomic E-state index is 0.280. The van der Waals surface area contributed by atoms with E-state index in [0.717, 1.165) is 12.2 Å². The van der Waals surface area contributed by atoms with Gasteiger partial charge >= 0.3 is 0 Å². The lowest BCUT2D eigenvalue weighted by Crippen LogP contribution is -2.21. The number of hydrogen-bond acceptors (Lipinski definition) is 2. The molecule has 3 heteroatoms. The molecule has 13 heavy (non-hydrogen) atoms. The van der Waals surface area contributed by atoms with Gasteiger partial charge in [-0.05, 0) is 26.7 Å². The molecule has 1 aromatic rings. The molecular formula is C10H17N3. The Hall–Kier alpha value is -0.830. The number of nitrogens with two attached hydrogens (primary N) is 1. The number of aromatic nitrogens is 2. The molecule has 1 aromatic heterocycles. The van der Waals surface area contributed by atoms with Crippen molar-refractivity contribution >= 4 is 0 Å². The van der Waals surface area contributed by atoms with Gasteiger partial charge in [0.1, 0.15) is 0 Å². The van der Waals surface area contributed by atoms with E-state index in [4.69, 9.17) is 5.73 Å². The molecule has 0 aliphatic heterocycles. The highest BCUT2D eigenvalue weighted by Crippen LogP contribution is 2.49. The fourth-order valence-corrected chi connectivity index (χ4v) is 2.25. The summed E-state index contributed by atoms with van der Waals surface area (Å²) >= 11 is 0. The van der Waals surface area contributed by atoms with Crippen molar-refractivity contribution in [2.75, 3.05) is 6.54 Å². The van der Waals surface area contributed by atoms with E-state index in [1.54, 1.807) is 0 Å². The first kappa shape index (κ1) is 8.75. The van der Waals surface area contributed by atoms with E-state index in [0.29, 0.717) is 0 Å². The second-order valence-electron chi connectivity index (χ2n) is 4.15. The molecule has 0 radical (unpaired) electrons. The van der Waals surface area contributed by atoms with Gasteiger partial charge in [-0.3, -0.25) is 4.68 Å². The summed E-state index contributed by atoms with van der Waals surface area (Å²) in [4.78, 5) is 0. The lowest BCUT2D eigenvalue weighted by Gasteiger charge is -2.12. The normalized spacial score (nSPS) is 19.1. The summed E-state index contributed by atoms with van der Waals surface area (Å²) in [6.45, 7) is 4.98. The summed E-state index contributed by atoms with van der Waals surface area (Å²) in [6.07, 6.45) is 2.47. The fraction of sp³-hybridized carbons (Fsp3) is 0.700. The molecule has 0 saturated heterocycles. The zero-order valence-electron chi connectivity index (χ0n) is 8.59. The molecule has 2 N–H and O–H groups in total. The lowest BCUT2D eigenvalue weighted by atomic mass is 9.94. The first-order valence-electron chi connectivity index (χ1n) is 4.81. The van der Waals surface area contributed by atoms with E-state index in [-0.39, 0.29) is 5.41 Å². The van der Waals surface area contributed by atoms with Crippen molar-refractivity contribution in [2.24, 2.45) is 12.8 Å². The van der Waals surface area contributed by atoms with Gasteiger partial charge in [0, 0.05) is 30.3 Å². The molecule has 0 spiro atoms. The maximum atomic E-state index is 5.81. The highest BCUT2D eigenvalue weighted by atomic mass is 15.3. The summed E-state index contributed by atoms with van der Waals surface area (Å²) in [6, 6.07) is 0. The van der Waals surface area contributed by atoms with E-state index in [1.165, 1.54) is 24.1 Å². The van der Waals surface area contributed by atoms with E-state index < -0.39 is 0 Å². The van der Waals surface area contributed by atoms with Crippen LogP contribution < -0.4 is 5.73 Å². The summed E-state index contributed by atoms with van der Waals surface area (Å²) in [5.41, 5.74) is 9.93. The minimum absolute atomic E-state index is 0.280. The second kappa shape index (κ2) is 2.58. The molecular weight excluding hydrogens is 162 g/mol. The van der Waals surface area contributed by atoms with E-state index in [9.17, 15) is 0 Å². The van der Waals surface area contributed by atoms with Crippen LogP contribution in [0, 0.1) is 13.8 Å². The van der Waals surface area contributed by atoms with Crippen LogP contribution in [0.25, 0.3) is 0 Å². The Morgan fingerprint density at radius 2 is 2.08 bits per heavy atom. The van der Waals surface area contributed by atoms with Crippen LogP contribution >= 0.6 is 0 Å². The molecule has 0 unspecified atom stereocenters. The highest BCUT2D eigenvalue weighted by molar-refractivity contribution is 5.38. The average molecular weight is 179 g/mol. The number of aryl methyl sites for hydroxylation is 2. The van der Waals surface area contributed by atoms with Gasteiger partial charge in [0.15, 0.2) is 0 Å². The monoisotopic (exact) mass is 179 g/mol. The first-order chi connectivity index (χ1) is 6.10. The van der Waals surface area contributed by atoms with E-state index >= 15 is 0 Å². The van der Waals surface area contributed by atoms with Crippen LogP contribution in [0.3, 0.4) is 0 Å². The van der Waals surface area contributed by atoms with Gasteiger partial charge in [-0.15, -0.1) is 0 Å². The van der Waals surface area contributed by atoms with Crippen LogP contribution in [0.2, 0.25) is 0 Å². The second-order valence-corrected chi connectivity index (χ2v) is 4.15. The third-order valence-corrected chi connectivity index (χ3v) is 3.28. The maximum absolute atomic E-state index is 5.81. The van der Waals surface area contributed by atoms with Crippen LogP contribution in [0.4, 0.5) is 0 Å². The largest absolute Gasteiger partial charge is 0.330 e. The Labute approximate surface area is 78.9 Å². The topological polar surface area (TPSA) is 43.8 Å². The van der Waals surface area contributed by atoms with Crippen LogP contribution in [-0.2, 0) is 12.5 Å². The molecule has 72 valence electrons. The standard InChI is InChI=1S/C10H17N3/c1-7-9(8(2)13(3)12-7)10(6-11)4-5-10/h4-6,11H2,1-3H3. The fourth-order valence-electron chi connectivity index (χ4n) is 2.25. The maximum Gasteiger partial charge on any atom is 0.0634 e. The quantitative estimate of drug-likeness (QED) is 0.737. The lowest BCUT2D eigenvalue weighted by molar-refractivity contribution is 0.686. The summed E-state index contributed by atoms with van der Waals surface area (Å²) in [7, 11) is 2.00. The summed E-state index contributed by atoms with van der Waals surface area (Å²) < 4.78 is 1.96. The molecule has 1 fully saturated rings. The number of nitrogens with zero attached hydrogens (tertiary/aromatic N) is 2. The Kier molecular flexibility index (Phi) is 1.74. The van der Waals surface area contributed by atoms with Gasteiger partial charge in [-0.1, -0.05) is 0 Å². The van der Waals surface area contributed by atoms with Crippen LogP contribution in [-0.4, -0.2) is 16.3 Å². The van der Waals surface area contributed by atoms with Gasteiger partial charge in [-0.2, -0.15) is 5.10 Å². The Morgan fingerprint density at radius 1 is 1.46 bits per heavy atom. The van der Waals surface area contributed by atoms with Crippen molar-refractivity contribution < 1.29 is 0 Å². The van der Waals surface area contributed by atoms with Crippen LogP contribution in [0.15, 0.2) is 0 Å². The molecule has 1 saturated carbocycles. The van der Waals surface area contributed by atoms with Gasteiger partial charge < -0.3 is 5.73 Å². The Morgan fingerprint density at radius 3 is 2.38 bits per heavy atom. The molecule has 2 rings (SSSR count). The smallest absolute Gasteiger partial charge is 0.0634 e. The average Bonchev–Trinajstić information content (AvgIpc) is 2.81. The minimum Gasteiger partial charge on any atom is -0.330 e. The van der Waals surface area contributed by atoms with Crippen molar-refractivity contribution in [3.63, 3.8) is 0 Å². The highest BCUT2D eigenvalue weighted by Gasteiger charge is 2.46. The molecule has 1 aliphatic rings. The van der Waals surface area contributed by atoms with Gasteiger partial charge in [0.05, 0.1) is 5.69 Å². The predicted octanol–water partition coefficient (Wildman–Crippen LogP) is 1.03. The molecule has 1 heterocycles. The predicted molar refractivity (Wildman–Crippen MR) is 52.6 cm³/mol. The zero-order valence-corrected chi connectivity index (χ0v) is 8.59. The summed E-state index contributed by atoms with van der Waals surface area (Å²) in [5, 5.41) is 4.43. The Bertz CT molecular complexity index is 334. The van der Waals surface area contributed by atoms with Crippen molar-refractivity contribution in [3.05, 3.63) is 17.0 Å². The Balaban J connectivity index is 2.50. The van der Waals surface area contributed by atoms with Gasteiger partial charge in [0.25, 0.3) is 0 Å². The third kappa shape index (κ3) is 1.10. The van der Waals surface area contributed by atoms with Crippen molar-refractivity contribution in [3.8, 4) is 0 Å². The number of rotatable bonds is 2. The molecule has 0 atom stereocenters. The van der Waals surface area contributed by atoms with Gasteiger partial charge in [0.2, 0.25) is 0 Å². The van der Waals surface area contributed by atoms with Crippen molar-refractivity contribution in [1.82, 2.24) is 9.78 Å². The van der Waals surface area contributed by atoms with Gasteiger partial charge in [-0.25, -0.2) is 0 Å². The zero-order chi connectivity index (χ0) is 9.64. The van der Waals surface area contributed by atoms with Crippen LogP contribution in [0.1, 0.15) is 29.8 Å². The van der Waals surface area contributed by atoms with Crippen molar-refractivity contribution in [1.29, 1.82) is 0 Å². The van der Waals surface area contributed by atoms with Crippen LogP contribution in [0.5, 0.6) is 0 Å². The van der Waals surface area contributed by atoms with E-state index in [2.05, 4.69) is 18.9 Å². The molecule has 1 aliphatic carbocycles. The molecule has 3 nitrogen and oxygen atoms in total. The SMILES string of the molecule is Cc1nn(C)c(C)c1C1(CN)CC1. The molecule has 0 amide bonds. The number of hydrogen-bond donors (Lipinski definition) is 1.